The van der Waals surface area contributed by atoms with E-state index < -0.39 is 0 Å². The summed E-state index contributed by atoms with van der Waals surface area (Å²) in [5, 5.41) is 10.7. The first-order valence-corrected chi connectivity index (χ1v) is 14.4. The number of rotatable bonds is 6. The molecule has 2 heterocycles. The Kier molecular flexibility index (Phi) is 8.34. The van der Waals surface area contributed by atoms with Gasteiger partial charge in [0, 0.05) is 48.7 Å². The quantitative estimate of drug-likeness (QED) is 0.261. The van der Waals surface area contributed by atoms with Crippen LogP contribution < -0.4 is 15.4 Å². The second-order valence-corrected chi connectivity index (χ2v) is 11.9. The van der Waals surface area contributed by atoms with Gasteiger partial charge in [-0.2, -0.15) is 5.10 Å². The van der Waals surface area contributed by atoms with E-state index in [4.69, 9.17) is 9.84 Å². The number of ether oxygens (including phenoxy) is 1. The Morgan fingerprint density at radius 2 is 1.57 bits per heavy atom. The number of likely N-dealkylation sites (tertiary alicyclic amines) is 1. The van der Waals surface area contributed by atoms with Crippen LogP contribution in [0.25, 0.3) is 5.69 Å². The van der Waals surface area contributed by atoms with Crippen molar-refractivity contribution in [3.05, 3.63) is 101 Å². The summed E-state index contributed by atoms with van der Waals surface area (Å²) in [7, 11) is 0. The Hall–Kier alpha value is -4.59. The van der Waals surface area contributed by atoms with Crippen molar-refractivity contribution in [1.29, 1.82) is 0 Å². The number of carbonyl (C=O) groups is 2. The van der Waals surface area contributed by atoms with Gasteiger partial charge in [-0.15, -0.1) is 0 Å². The second-order valence-electron chi connectivity index (χ2n) is 11.9. The summed E-state index contributed by atoms with van der Waals surface area (Å²) < 4.78 is 8.02. The lowest BCUT2D eigenvalue weighted by Crippen LogP contribution is -2.41. The minimum Gasteiger partial charge on any atom is -0.490 e. The topological polar surface area (TPSA) is 88.5 Å². The van der Waals surface area contributed by atoms with Crippen LogP contribution in [-0.4, -0.2) is 45.8 Å². The van der Waals surface area contributed by atoms with Crippen LogP contribution >= 0.6 is 0 Å². The van der Waals surface area contributed by atoms with E-state index in [9.17, 15) is 9.59 Å². The van der Waals surface area contributed by atoms with Crippen LogP contribution in [0.2, 0.25) is 0 Å². The Balaban J connectivity index is 1.20. The third kappa shape index (κ3) is 6.82. The molecular weight excluding hydrogens is 526 g/mol. The molecule has 0 aliphatic carbocycles. The Labute approximate surface area is 247 Å². The summed E-state index contributed by atoms with van der Waals surface area (Å²) in [6, 6.07) is 24.7. The van der Waals surface area contributed by atoms with Gasteiger partial charge in [0.1, 0.15) is 17.7 Å². The molecule has 0 spiro atoms. The highest BCUT2D eigenvalue weighted by molar-refractivity contribution is 6.00. The summed E-state index contributed by atoms with van der Waals surface area (Å²) >= 11 is 0. The summed E-state index contributed by atoms with van der Waals surface area (Å²) in [6.45, 7) is 11.6. The van der Waals surface area contributed by atoms with Crippen LogP contribution in [0.4, 0.5) is 16.3 Å². The molecule has 0 atom stereocenters. The number of anilines is 2. The molecule has 3 aromatic carbocycles. The third-order valence-electron chi connectivity index (χ3n) is 7.50. The number of benzene rings is 3. The molecule has 1 saturated heterocycles. The van der Waals surface area contributed by atoms with Gasteiger partial charge < -0.3 is 15.0 Å². The first kappa shape index (κ1) is 28.9. The van der Waals surface area contributed by atoms with Crippen LogP contribution in [0, 0.1) is 13.8 Å². The van der Waals surface area contributed by atoms with Crippen molar-refractivity contribution in [2.45, 2.75) is 59.0 Å². The fourth-order valence-electron chi connectivity index (χ4n) is 4.97. The zero-order valence-electron chi connectivity index (χ0n) is 25.0. The van der Waals surface area contributed by atoms with E-state index in [0.717, 1.165) is 41.1 Å². The van der Waals surface area contributed by atoms with E-state index in [-0.39, 0.29) is 23.5 Å². The normalized spacial score (nSPS) is 14.0. The highest BCUT2D eigenvalue weighted by Crippen LogP contribution is 2.28. The number of aryl methyl sites for hydroxylation is 2. The minimum absolute atomic E-state index is 0.0328. The van der Waals surface area contributed by atoms with Gasteiger partial charge in [-0.3, -0.25) is 10.1 Å². The molecule has 5 rings (SSSR count). The van der Waals surface area contributed by atoms with E-state index in [1.54, 1.807) is 4.68 Å². The fraction of sp³-hybridized carbons (Fsp3) is 0.324. The molecule has 0 unspecified atom stereocenters. The summed E-state index contributed by atoms with van der Waals surface area (Å²) in [5.41, 5.74) is 5.03. The number of piperidine rings is 1. The molecule has 8 heteroatoms. The van der Waals surface area contributed by atoms with Gasteiger partial charge in [-0.1, -0.05) is 56.7 Å². The molecule has 8 nitrogen and oxygen atoms in total. The van der Waals surface area contributed by atoms with Crippen molar-refractivity contribution >= 4 is 23.4 Å². The van der Waals surface area contributed by atoms with E-state index in [2.05, 4.69) is 31.4 Å². The molecule has 0 bridgehead atoms. The first-order valence-electron chi connectivity index (χ1n) is 14.4. The Morgan fingerprint density at radius 1 is 0.881 bits per heavy atom. The number of nitrogens with one attached hydrogen (secondary N) is 2. The van der Waals surface area contributed by atoms with Crippen LogP contribution in [-0.2, 0) is 5.41 Å². The van der Waals surface area contributed by atoms with E-state index in [1.165, 1.54) is 0 Å². The lowest BCUT2D eigenvalue weighted by molar-refractivity contribution is 0.0595. The zero-order valence-corrected chi connectivity index (χ0v) is 25.0. The van der Waals surface area contributed by atoms with Gasteiger partial charge in [0.15, 0.2) is 0 Å². The summed E-state index contributed by atoms with van der Waals surface area (Å²) in [5.74, 6) is 1.41. The average molecular weight is 566 g/mol. The van der Waals surface area contributed by atoms with Gasteiger partial charge in [-0.25, -0.2) is 9.48 Å². The largest absolute Gasteiger partial charge is 0.490 e. The monoisotopic (exact) mass is 565 g/mol. The highest BCUT2D eigenvalue weighted by atomic mass is 16.5. The van der Waals surface area contributed by atoms with Crippen molar-refractivity contribution in [3.8, 4) is 11.4 Å². The maximum atomic E-state index is 13.1. The number of amides is 3. The molecule has 4 aromatic rings. The molecule has 1 fully saturated rings. The van der Waals surface area contributed by atoms with Crippen molar-refractivity contribution < 1.29 is 14.3 Å². The lowest BCUT2D eigenvalue weighted by Gasteiger charge is -2.32. The minimum atomic E-state index is -0.351. The third-order valence-corrected chi connectivity index (χ3v) is 7.50. The van der Waals surface area contributed by atoms with E-state index in [0.29, 0.717) is 30.2 Å². The van der Waals surface area contributed by atoms with Gasteiger partial charge in [0.05, 0.1) is 11.4 Å². The summed E-state index contributed by atoms with van der Waals surface area (Å²) in [6.07, 6.45) is 1.57. The predicted molar refractivity (Wildman–Crippen MR) is 167 cm³/mol. The summed E-state index contributed by atoms with van der Waals surface area (Å²) in [4.78, 5) is 27.7. The Bertz CT molecular complexity index is 1550. The number of hydrogen-bond donors (Lipinski definition) is 2. The zero-order chi connectivity index (χ0) is 29.9. The van der Waals surface area contributed by atoms with E-state index in [1.807, 2.05) is 97.6 Å². The maximum absolute atomic E-state index is 13.1. The number of nitrogens with zero attached hydrogens (tertiary/aromatic N) is 3. The standard InChI is InChI=1S/C34H39N5O3/c1-23-11-13-26(14-12-23)39-31(22-30(37-39)34(3,4)5)36-33(41)35-29-16-15-28(21-24(29)2)42-27-17-19-38(20-18-27)32(40)25-9-7-6-8-10-25/h6-16,21-22,27H,17-20H2,1-5H3,(H2,35,36,41). The number of urea groups is 1. The maximum Gasteiger partial charge on any atom is 0.324 e. The molecule has 1 aliphatic heterocycles. The fourth-order valence-corrected chi connectivity index (χ4v) is 4.97. The molecule has 0 saturated carbocycles. The second kappa shape index (κ2) is 12.1. The van der Waals surface area contributed by atoms with Crippen LogP contribution in [0.3, 0.4) is 0 Å². The lowest BCUT2D eigenvalue weighted by atomic mass is 9.92. The molecule has 3 amide bonds. The first-order chi connectivity index (χ1) is 20.1. The van der Waals surface area contributed by atoms with Crippen molar-refractivity contribution in [1.82, 2.24) is 14.7 Å². The van der Waals surface area contributed by atoms with Crippen LogP contribution in [0.1, 0.15) is 60.8 Å². The van der Waals surface area contributed by atoms with Crippen molar-refractivity contribution in [3.63, 3.8) is 0 Å². The molecule has 1 aromatic heterocycles. The van der Waals surface area contributed by atoms with Crippen LogP contribution in [0.15, 0.2) is 78.9 Å². The predicted octanol–water partition coefficient (Wildman–Crippen LogP) is 7.11. The highest BCUT2D eigenvalue weighted by Gasteiger charge is 2.25. The number of aromatic nitrogens is 2. The Morgan fingerprint density at radius 3 is 2.21 bits per heavy atom. The van der Waals surface area contributed by atoms with Gasteiger partial charge in [0.25, 0.3) is 5.91 Å². The average Bonchev–Trinajstić information content (AvgIpc) is 3.40. The number of carbonyl (C=O) groups excluding carboxylic acids is 2. The molecule has 2 N–H and O–H groups in total. The van der Waals surface area contributed by atoms with E-state index >= 15 is 0 Å². The molecule has 218 valence electrons. The SMILES string of the molecule is Cc1ccc(-n2nc(C(C)(C)C)cc2NC(=O)Nc2ccc(OC3CCN(C(=O)c4ccccc4)CC3)cc2C)cc1. The molecule has 1 aliphatic rings. The van der Waals surface area contributed by atoms with Gasteiger partial charge in [-0.05, 0) is 61.9 Å². The molecular formula is C34H39N5O3. The van der Waals surface area contributed by atoms with Gasteiger partial charge in [0.2, 0.25) is 0 Å². The van der Waals surface area contributed by atoms with Crippen molar-refractivity contribution in [2.75, 3.05) is 23.7 Å². The van der Waals surface area contributed by atoms with Gasteiger partial charge >= 0.3 is 6.03 Å². The number of hydrogen-bond acceptors (Lipinski definition) is 4. The molecule has 0 radical (unpaired) electrons. The smallest absolute Gasteiger partial charge is 0.324 e. The molecule has 42 heavy (non-hydrogen) atoms. The van der Waals surface area contributed by atoms with Crippen molar-refractivity contribution in [2.24, 2.45) is 0 Å². The van der Waals surface area contributed by atoms with Crippen LogP contribution in [0.5, 0.6) is 5.75 Å².